The second-order valence-electron chi connectivity index (χ2n) is 5.76. The smallest absolute Gasteiger partial charge is 0.241 e. The van der Waals surface area contributed by atoms with E-state index in [9.17, 15) is 9.18 Å². The van der Waals surface area contributed by atoms with Crippen LogP contribution in [0, 0.1) is 0 Å². The Kier molecular flexibility index (Phi) is 6.01. The molecule has 1 fully saturated rings. The number of halogens is 4. The Morgan fingerprint density at radius 2 is 2.04 bits per heavy atom. The number of hydrogen-bond donors (Lipinski definition) is 2. The van der Waals surface area contributed by atoms with Crippen LogP contribution in [-0.4, -0.2) is 29.8 Å². The van der Waals surface area contributed by atoms with Crippen molar-refractivity contribution in [2.24, 2.45) is 0 Å². The number of hydrogen-bond acceptors (Lipinski definition) is 2. The molecular formula is C17H18Cl2F2N2O. The Labute approximate surface area is 150 Å². The van der Waals surface area contributed by atoms with Gasteiger partial charge in [0.2, 0.25) is 11.0 Å². The van der Waals surface area contributed by atoms with Gasteiger partial charge in [-0.15, -0.1) is 12.4 Å². The summed E-state index contributed by atoms with van der Waals surface area (Å²) in [6, 6.07) is 8.33. The Morgan fingerprint density at radius 3 is 2.67 bits per heavy atom. The molecule has 0 aromatic heterocycles. The molecular weight excluding hydrogens is 357 g/mol. The monoisotopic (exact) mass is 374 g/mol. The Morgan fingerprint density at radius 1 is 1.33 bits per heavy atom. The largest absolute Gasteiger partial charge is 0.324 e. The van der Waals surface area contributed by atoms with Gasteiger partial charge in [-0.05, 0) is 11.6 Å². The second-order valence-corrected chi connectivity index (χ2v) is 6.31. The summed E-state index contributed by atoms with van der Waals surface area (Å²) in [5.74, 6) is -1.18. The van der Waals surface area contributed by atoms with E-state index < -0.39 is 29.2 Å². The van der Waals surface area contributed by atoms with Crippen LogP contribution in [0.1, 0.15) is 17.9 Å². The third kappa shape index (κ3) is 3.79. The topological polar surface area (TPSA) is 41.1 Å². The highest BCUT2D eigenvalue weighted by Gasteiger charge is 2.43. The number of rotatable bonds is 3. The van der Waals surface area contributed by atoms with Crippen LogP contribution in [-0.2, 0) is 4.79 Å². The summed E-state index contributed by atoms with van der Waals surface area (Å²) in [6.07, 6.45) is 3.77. The molecule has 0 spiro atoms. The normalized spacial score (nSPS) is 32.0. The first-order chi connectivity index (χ1) is 11.0. The molecule has 1 aliphatic carbocycles. The van der Waals surface area contributed by atoms with Crippen molar-refractivity contribution in [2.45, 2.75) is 29.7 Å². The molecule has 0 saturated carbocycles. The molecule has 2 N–H and O–H groups in total. The van der Waals surface area contributed by atoms with Gasteiger partial charge in [-0.2, -0.15) is 0 Å². The molecule has 130 valence electrons. The van der Waals surface area contributed by atoms with Crippen molar-refractivity contribution in [3.63, 3.8) is 0 Å². The average Bonchev–Trinajstić information content (AvgIpc) is 2.96. The molecule has 0 radical (unpaired) electrons. The van der Waals surface area contributed by atoms with Crippen LogP contribution in [0.3, 0.4) is 0 Å². The maximum atomic E-state index is 15.1. The van der Waals surface area contributed by atoms with Gasteiger partial charge >= 0.3 is 0 Å². The fourth-order valence-corrected chi connectivity index (χ4v) is 3.19. The third-order valence-electron chi connectivity index (χ3n) is 4.13. The van der Waals surface area contributed by atoms with Crippen LogP contribution in [0.25, 0.3) is 0 Å². The van der Waals surface area contributed by atoms with E-state index in [0.717, 1.165) is 0 Å². The zero-order valence-corrected chi connectivity index (χ0v) is 14.3. The first kappa shape index (κ1) is 18.9. The summed E-state index contributed by atoms with van der Waals surface area (Å²) in [7, 11) is 0. The highest BCUT2D eigenvalue weighted by Crippen LogP contribution is 2.43. The van der Waals surface area contributed by atoms with Crippen molar-refractivity contribution in [2.75, 3.05) is 6.54 Å². The van der Waals surface area contributed by atoms with Gasteiger partial charge in [0, 0.05) is 13.0 Å². The number of carbonyl (C=O) groups excluding carboxylic acids is 1. The molecule has 1 saturated heterocycles. The predicted octanol–water partition coefficient (Wildman–Crippen LogP) is 3.37. The Bertz CT molecular complexity index is 649. The predicted molar refractivity (Wildman–Crippen MR) is 92.8 cm³/mol. The molecule has 24 heavy (non-hydrogen) atoms. The van der Waals surface area contributed by atoms with Gasteiger partial charge in [0.25, 0.3) is 0 Å². The number of nitrogens with one attached hydrogen (secondary N) is 2. The van der Waals surface area contributed by atoms with E-state index in [1.807, 2.05) is 6.07 Å². The lowest BCUT2D eigenvalue weighted by atomic mass is 9.88. The molecule has 3 nitrogen and oxygen atoms in total. The van der Waals surface area contributed by atoms with Crippen molar-refractivity contribution in [1.82, 2.24) is 10.6 Å². The van der Waals surface area contributed by atoms with Crippen LogP contribution in [0.4, 0.5) is 8.78 Å². The van der Waals surface area contributed by atoms with E-state index in [1.165, 1.54) is 6.08 Å². The van der Waals surface area contributed by atoms with Crippen molar-refractivity contribution in [3.8, 4) is 0 Å². The molecule has 1 aromatic carbocycles. The van der Waals surface area contributed by atoms with Gasteiger partial charge < -0.3 is 10.6 Å². The number of allylic oxidation sites excluding steroid dienone is 4. The van der Waals surface area contributed by atoms with Gasteiger partial charge in [0.05, 0.1) is 17.7 Å². The maximum absolute atomic E-state index is 15.1. The summed E-state index contributed by atoms with van der Waals surface area (Å²) < 4.78 is 28.3. The van der Waals surface area contributed by atoms with E-state index in [-0.39, 0.29) is 31.1 Å². The van der Waals surface area contributed by atoms with Crippen LogP contribution in [0.5, 0.6) is 0 Å². The van der Waals surface area contributed by atoms with Crippen molar-refractivity contribution >= 4 is 29.9 Å². The zero-order valence-electron chi connectivity index (χ0n) is 12.7. The first-order valence-corrected chi connectivity index (χ1v) is 7.86. The molecule has 0 bridgehead atoms. The number of benzene rings is 1. The van der Waals surface area contributed by atoms with Gasteiger partial charge in [-0.1, -0.05) is 54.1 Å². The minimum Gasteiger partial charge on any atom is -0.324 e. The summed E-state index contributed by atoms with van der Waals surface area (Å²) in [5, 5.41) is 3.01. The van der Waals surface area contributed by atoms with Crippen LogP contribution in [0.2, 0.25) is 0 Å². The molecule has 7 heteroatoms. The van der Waals surface area contributed by atoms with Crippen molar-refractivity contribution in [3.05, 3.63) is 59.8 Å². The summed E-state index contributed by atoms with van der Waals surface area (Å²) in [4.78, 5) is 12.2. The van der Waals surface area contributed by atoms with Gasteiger partial charge in [0.15, 0.2) is 0 Å². The maximum Gasteiger partial charge on any atom is 0.241 e. The molecule has 2 aliphatic rings. The van der Waals surface area contributed by atoms with Gasteiger partial charge in [-0.25, -0.2) is 8.78 Å². The van der Waals surface area contributed by atoms with E-state index in [4.69, 9.17) is 11.6 Å². The lowest BCUT2D eigenvalue weighted by Gasteiger charge is -2.31. The van der Waals surface area contributed by atoms with Crippen molar-refractivity contribution in [1.29, 1.82) is 0 Å². The molecule has 1 aromatic rings. The standard InChI is InChI=1S/C17H17ClF2N2O.ClH/c18-17(20)13(11-5-2-1-3-6-11)7-4-8-15(17)22-16(23)14-9-12(19)10-21-14;/h1-8,12-14,21H,9-10H2,(H,22,23);1H/t12-,13?,14+,17?;/m1./s1. The van der Waals surface area contributed by atoms with Gasteiger partial charge in [-0.3, -0.25) is 4.79 Å². The summed E-state index contributed by atoms with van der Waals surface area (Å²) >= 11 is 6.12. The average molecular weight is 375 g/mol. The molecule has 1 amide bonds. The molecule has 1 aliphatic heterocycles. The lowest BCUT2D eigenvalue weighted by molar-refractivity contribution is -0.122. The van der Waals surface area contributed by atoms with E-state index in [2.05, 4.69) is 10.6 Å². The fraction of sp³-hybridized carbons (Fsp3) is 0.353. The quantitative estimate of drug-likeness (QED) is 0.796. The fourth-order valence-electron chi connectivity index (χ4n) is 2.88. The SMILES string of the molecule is Cl.O=C(NC1=CC=CC(c2ccccc2)C1(F)Cl)[C@@H]1C[C@@H](F)CN1. The summed E-state index contributed by atoms with van der Waals surface area (Å²) in [6.45, 7) is 0.130. The molecule has 1 heterocycles. The molecule has 2 unspecified atom stereocenters. The number of amides is 1. The third-order valence-corrected chi connectivity index (χ3v) is 4.57. The second kappa shape index (κ2) is 7.64. The lowest BCUT2D eigenvalue weighted by Crippen LogP contribution is -2.45. The van der Waals surface area contributed by atoms with Gasteiger partial charge in [0.1, 0.15) is 6.17 Å². The minimum absolute atomic E-state index is 0. The van der Waals surface area contributed by atoms with E-state index in [1.54, 1.807) is 36.4 Å². The first-order valence-electron chi connectivity index (χ1n) is 7.48. The van der Waals surface area contributed by atoms with Crippen LogP contribution >= 0.6 is 24.0 Å². The molecule has 4 atom stereocenters. The minimum atomic E-state index is -2.26. The highest BCUT2D eigenvalue weighted by molar-refractivity contribution is 6.25. The Balaban J connectivity index is 0.00000208. The number of alkyl halides is 3. The molecule has 3 rings (SSSR count). The van der Waals surface area contributed by atoms with E-state index in [0.29, 0.717) is 5.56 Å². The Hall–Kier alpha value is -1.43. The number of carbonyl (C=O) groups is 1. The van der Waals surface area contributed by atoms with Crippen molar-refractivity contribution < 1.29 is 13.6 Å². The van der Waals surface area contributed by atoms with Crippen LogP contribution in [0.15, 0.2) is 54.3 Å². The van der Waals surface area contributed by atoms with Crippen LogP contribution < -0.4 is 10.6 Å². The zero-order chi connectivity index (χ0) is 16.4. The summed E-state index contributed by atoms with van der Waals surface area (Å²) in [5.41, 5.74) is 0.688. The highest BCUT2D eigenvalue weighted by atomic mass is 35.5. The van der Waals surface area contributed by atoms with E-state index >= 15 is 4.39 Å².